The molecule has 0 fully saturated rings. The van der Waals surface area contributed by atoms with Gasteiger partial charge in [0.2, 0.25) is 0 Å². The number of aromatic nitrogens is 2. The summed E-state index contributed by atoms with van der Waals surface area (Å²) in [5, 5.41) is 3.03. The van der Waals surface area contributed by atoms with E-state index in [1.54, 1.807) is 30.3 Å². The fraction of sp³-hybridized carbons (Fsp3) is 0.158. The normalized spacial score (nSPS) is 11.3. The lowest BCUT2D eigenvalue weighted by molar-refractivity contribution is 0.601. The standard InChI is InChI=1S/C19H20N4O2S/c1-4-11-20-18-19(22-17-8-6-5-7-16(17)21-18)23-26(24,25)15-10-9-13(2)14(3)12-15/h4-10,12H,1,11H2,2-3H3,(H,20,21)(H,22,23). The Morgan fingerprint density at radius 3 is 2.27 bits per heavy atom. The fourth-order valence-corrected chi connectivity index (χ4v) is 3.52. The van der Waals surface area contributed by atoms with Gasteiger partial charge in [-0.25, -0.2) is 18.4 Å². The summed E-state index contributed by atoms with van der Waals surface area (Å²) in [5.41, 5.74) is 3.22. The molecule has 0 bridgehead atoms. The molecule has 2 aromatic carbocycles. The molecule has 0 aliphatic carbocycles. The zero-order valence-electron chi connectivity index (χ0n) is 14.7. The van der Waals surface area contributed by atoms with E-state index >= 15 is 0 Å². The number of aryl methyl sites for hydroxylation is 2. The van der Waals surface area contributed by atoms with E-state index in [2.05, 4.69) is 26.6 Å². The summed E-state index contributed by atoms with van der Waals surface area (Å²) in [5.74, 6) is 0.514. The summed E-state index contributed by atoms with van der Waals surface area (Å²) in [6.45, 7) is 7.91. The second-order valence-electron chi connectivity index (χ2n) is 5.93. The molecule has 6 nitrogen and oxygen atoms in total. The third-order valence-electron chi connectivity index (χ3n) is 4.00. The SMILES string of the molecule is C=CCNc1nc2ccccc2nc1NS(=O)(=O)c1ccc(C)c(C)c1. The Morgan fingerprint density at radius 1 is 1.00 bits per heavy atom. The van der Waals surface area contributed by atoms with E-state index in [1.807, 2.05) is 32.0 Å². The monoisotopic (exact) mass is 368 g/mol. The Kier molecular flexibility index (Phi) is 4.90. The van der Waals surface area contributed by atoms with Gasteiger partial charge in [-0.3, -0.25) is 4.72 Å². The predicted molar refractivity (Wildman–Crippen MR) is 105 cm³/mol. The minimum atomic E-state index is -3.79. The topological polar surface area (TPSA) is 84.0 Å². The van der Waals surface area contributed by atoms with E-state index in [-0.39, 0.29) is 10.7 Å². The van der Waals surface area contributed by atoms with E-state index in [0.29, 0.717) is 23.4 Å². The number of nitrogens with zero attached hydrogens (tertiary/aromatic N) is 2. The molecule has 0 radical (unpaired) electrons. The van der Waals surface area contributed by atoms with Crippen LogP contribution in [-0.2, 0) is 10.0 Å². The molecule has 2 N–H and O–H groups in total. The molecule has 0 saturated carbocycles. The van der Waals surface area contributed by atoms with Crippen molar-refractivity contribution in [3.05, 3.63) is 66.2 Å². The molecule has 0 saturated heterocycles. The molecular formula is C19H20N4O2S. The Bertz CT molecular complexity index is 1080. The van der Waals surface area contributed by atoms with Crippen molar-refractivity contribution in [2.24, 2.45) is 0 Å². The lowest BCUT2D eigenvalue weighted by atomic mass is 10.1. The maximum Gasteiger partial charge on any atom is 0.263 e. The second-order valence-corrected chi connectivity index (χ2v) is 7.61. The number of hydrogen-bond acceptors (Lipinski definition) is 5. The van der Waals surface area contributed by atoms with Gasteiger partial charge in [0.15, 0.2) is 11.6 Å². The molecule has 1 aromatic heterocycles. The summed E-state index contributed by atoms with van der Waals surface area (Å²) in [4.78, 5) is 9.09. The molecular weight excluding hydrogens is 348 g/mol. The number of para-hydroxylation sites is 2. The summed E-state index contributed by atoms with van der Waals surface area (Å²) in [6.07, 6.45) is 1.67. The summed E-state index contributed by atoms with van der Waals surface area (Å²) in [7, 11) is -3.79. The quantitative estimate of drug-likeness (QED) is 0.649. The summed E-state index contributed by atoms with van der Waals surface area (Å²) < 4.78 is 28.2. The average molecular weight is 368 g/mol. The van der Waals surface area contributed by atoms with Gasteiger partial charge in [-0.15, -0.1) is 6.58 Å². The van der Waals surface area contributed by atoms with Crippen molar-refractivity contribution < 1.29 is 8.42 Å². The molecule has 0 spiro atoms. The number of benzene rings is 2. The van der Waals surface area contributed by atoms with Crippen LogP contribution in [0.25, 0.3) is 11.0 Å². The third kappa shape index (κ3) is 3.67. The lowest BCUT2D eigenvalue weighted by Gasteiger charge is -2.13. The van der Waals surface area contributed by atoms with Gasteiger partial charge in [0.05, 0.1) is 15.9 Å². The van der Waals surface area contributed by atoms with Crippen LogP contribution in [-0.4, -0.2) is 24.9 Å². The van der Waals surface area contributed by atoms with Gasteiger partial charge in [-0.2, -0.15) is 0 Å². The van der Waals surface area contributed by atoms with Crippen molar-refractivity contribution in [1.29, 1.82) is 0 Å². The minimum Gasteiger partial charge on any atom is -0.363 e. The molecule has 7 heteroatoms. The average Bonchev–Trinajstić information content (AvgIpc) is 2.61. The number of sulfonamides is 1. The second kappa shape index (κ2) is 7.13. The minimum absolute atomic E-state index is 0.156. The van der Waals surface area contributed by atoms with Gasteiger partial charge in [-0.1, -0.05) is 24.3 Å². The van der Waals surface area contributed by atoms with Crippen molar-refractivity contribution in [3.63, 3.8) is 0 Å². The van der Waals surface area contributed by atoms with Crippen molar-refractivity contribution in [2.45, 2.75) is 18.7 Å². The van der Waals surface area contributed by atoms with Crippen LogP contribution in [0.3, 0.4) is 0 Å². The number of rotatable bonds is 6. The Labute approximate surface area is 153 Å². The maximum absolute atomic E-state index is 12.8. The van der Waals surface area contributed by atoms with E-state index in [0.717, 1.165) is 11.1 Å². The largest absolute Gasteiger partial charge is 0.363 e. The maximum atomic E-state index is 12.8. The van der Waals surface area contributed by atoms with Crippen LogP contribution >= 0.6 is 0 Å². The molecule has 0 unspecified atom stereocenters. The molecule has 134 valence electrons. The molecule has 0 atom stereocenters. The molecule has 3 rings (SSSR count). The van der Waals surface area contributed by atoms with Crippen LogP contribution in [0.4, 0.5) is 11.6 Å². The van der Waals surface area contributed by atoms with Crippen molar-refractivity contribution >= 4 is 32.7 Å². The van der Waals surface area contributed by atoms with Crippen LogP contribution in [0.1, 0.15) is 11.1 Å². The number of fused-ring (bicyclic) bond motifs is 1. The van der Waals surface area contributed by atoms with Gasteiger partial charge in [0, 0.05) is 6.54 Å². The van der Waals surface area contributed by atoms with Crippen molar-refractivity contribution in [1.82, 2.24) is 9.97 Å². The number of nitrogens with one attached hydrogen (secondary N) is 2. The van der Waals surface area contributed by atoms with Crippen LogP contribution in [0.2, 0.25) is 0 Å². The Hall–Kier alpha value is -2.93. The number of hydrogen-bond donors (Lipinski definition) is 2. The molecule has 0 aliphatic rings. The molecule has 1 heterocycles. The van der Waals surface area contributed by atoms with E-state index in [1.165, 1.54) is 0 Å². The van der Waals surface area contributed by atoms with Gasteiger partial charge >= 0.3 is 0 Å². The zero-order chi connectivity index (χ0) is 18.7. The summed E-state index contributed by atoms with van der Waals surface area (Å²) in [6, 6.07) is 12.3. The van der Waals surface area contributed by atoms with Crippen LogP contribution in [0, 0.1) is 13.8 Å². The molecule has 0 amide bonds. The predicted octanol–water partition coefficient (Wildman–Crippen LogP) is 3.65. The summed E-state index contributed by atoms with van der Waals surface area (Å²) >= 11 is 0. The van der Waals surface area contributed by atoms with Gasteiger partial charge in [0.1, 0.15) is 0 Å². The van der Waals surface area contributed by atoms with Crippen molar-refractivity contribution in [2.75, 3.05) is 16.6 Å². The lowest BCUT2D eigenvalue weighted by Crippen LogP contribution is -2.17. The van der Waals surface area contributed by atoms with Crippen LogP contribution in [0.5, 0.6) is 0 Å². The Morgan fingerprint density at radius 2 is 1.65 bits per heavy atom. The van der Waals surface area contributed by atoms with Crippen molar-refractivity contribution in [3.8, 4) is 0 Å². The number of anilines is 2. The highest BCUT2D eigenvalue weighted by atomic mass is 32.2. The smallest absolute Gasteiger partial charge is 0.263 e. The highest BCUT2D eigenvalue weighted by Crippen LogP contribution is 2.24. The van der Waals surface area contributed by atoms with Crippen LogP contribution < -0.4 is 10.0 Å². The van der Waals surface area contributed by atoms with Gasteiger partial charge in [0.25, 0.3) is 10.0 Å². The van der Waals surface area contributed by atoms with Gasteiger partial charge < -0.3 is 5.32 Å². The van der Waals surface area contributed by atoms with E-state index in [9.17, 15) is 8.42 Å². The first kappa shape index (κ1) is 17.9. The fourth-order valence-electron chi connectivity index (χ4n) is 2.43. The third-order valence-corrected chi connectivity index (χ3v) is 5.34. The first-order valence-electron chi connectivity index (χ1n) is 8.12. The molecule has 0 aliphatic heterocycles. The van der Waals surface area contributed by atoms with E-state index in [4.69, 9.17) is 0 Å². The highest BCUT2D eigenvalue weighted by molar-refractivity contribution is 7.92. The zero-order valence-corrected chi connectivity index (χ0v) is 15.5. The van der Waals surface area contributed by atoms with Gasteiger partial charge in [-0.05, 0) is 49.2 Å². The Balaban J connectivity index is 2.05. The molecule has 26 heavy (non-hydrogen) atoms. The molecule has 3 aromatic rings. The first-order valence-corrected chi connectivity index (χ1v) is 9.60. The highest BCUT2D eigenvalue weighted by Gasteiger charge is 2.19. The van der Waals surface area contributed by atoms with E-state index < -0.39 is 10.0 Å². The van der Waals surface area contributed by atoms with Crippen LogP contribution in [0.15, 0.2) is 60.0 Å². The first-order chi connectivity index (χ1) is 12.4.